The van der Waals surface area contributed by atoms with Gasteiger partial charge in [0.25, 0.3) is 0 Å². The summed E-state index contributed by atoms with van der Waals surface area (Å²) < 4.78 is 17.3. The van der Waals surface area contributed by atoms with Gasteiger partial charge in [-0.1, -0.05) is 229 Å². The van der Waals surface area contributed by atoms with E-state index in [-0.39, 0.29) is 25.2 Å². The van der Waals surface area contributed by atoms with Gasteiger partial charge in [-0.15, -0.1) is 0 Å². The molecule has 0 saturated carbocycles. The van der Waals surface area contributed by atoms with Crippen LogP contribution in [0.2, 0.25) is 0 Å². The number of esters is 2. The molecule has 0 spiro atoms. The Balaban J connectivity index is 4.32. The monoisotopic (exact) mass is 837 g/mol. The van der Waals surface area contributed by atoms with Crippen LogP contribution in [0.4, 0.5) is 0 Å². The van der Waals surface area contributed by atoms with Crippen LogP contribution in [-0.4, -0.2) is 37.9 Å². The Bertz CT molecular complexity index is 1080. The van der Waals surface area contributed by atoms with E-state index < -0.39 is 6.10 Å². The van der Waals surface area contributed by atoms with E-state index in [0.717, 1.165) is 57.8 Å². The number of hydrogen-bond acceptors (Lipinski definition) is 5. The Morgan fingerprint density at radius 3 is 1.33 bits per heavy atom. The Kier molecular flexibility index (Phi) is 48.4. The summed E-state index contributed by atoms with van der Waals surface area (Å²) in [6.45, 7) is 7.57. The van der Waals surface area contributed by atoms with Crippen LogP contribution in [-0.2, 0) is 23.8 Å². The van der Waals surface area contributed by atoms with Gasteiger partial charge in [0, 0.05) is 19.4 Å². The molecule has 0 aromatic heterocycles. The molecule has 5 nitrogen and oxygen atoms in total. The molecular formula is C55H96O5. The summed E-state index contributed by atoms with van der Waals surface area (Å²) in [6, 6.07) is 0. The predicted molar refractivity (Wildman–Crippen MR) is 260 cm³/mol. The van der Waals surface area contributed by atoms with Crippen LogP contribution in [0.25, 0.3) is 0 Å². The lowest BCUT2D eigenvalue weighted by molar-refractivity contribution is -0.162. The second kappa shape index (κ2) is 50.7. The first-order chi connectivity index (χ1) is 29.6. The first-order valence-corrected chi connectivity index (χ1v) is 25.5. The van der Waals surface area contributed by atoms with Crippen LogP contribution >= 0.6 is 0 Å². The van der Waals surface area contributed by atoms with Crippen LogP contribution in [0.3, 0.4) is 0 Å². The minimum atomic E-state index is -0.579. The standard InChI is InChI=1S/C55H96O5/c1-4-7-10-13-16-19-22-25-27-28-29-31-33-36-39-42-45-48-54(56)59-52-53(51-58-50-47-44-41-38-35-32-26-23-20-17-14-11-8-5-2)60-55(57)49-46-43-40-37-34-30-24-21-18-15-12-9-6-3/h9,11-12,14,18,20-21,23,30,34,40,43,53H,4-8,10,13,15-17,19,22,24-29,31-33,35-39,41-42,44-52H2,1-3H3/b12-9-,14-11-,21-18-,23-20-,34-30-,43-40-. The number of allylic oxidation sites excluding steroid dienone is 12. The molecule has 5 heteroatoms. The van der Waals surface area contributed by atoms with Gasteiger partial charge in [0.2, 0.25) is 0 Å². The van der Waals surface area contributed by atoms with E-state index in [2.05, 4.69) is 87.6 Å². The Morgan fingerprint density at radius 2 is 0.817 bits per heavy atom. The Labute approximate surface area is 372 Å². The smallest absolute Gasteiger partial charge is 0.306 e. The first-order valence-electron chi connectivity index (χ1n) is 25.5. The number of unbranched alkanes of at least 4 members (excludes halogenated alkanes) is 23. The summed E-state index contributed by atoms with van der Waals surface area (Å²) in [6.07, 6.45) is 65.0. The third kappa shape index (κ3) is 48.0. The van der Waals surface area contributed by atoms with Crippen molar-refractivity contribution in [2.75, 3.05) is 19.8 Å². The Morgan fingerprint density at radius 1 is 0.383 bits per heavy atom. The fourth-order valence-corrected chi connectivity index (χ4v) is 6.97. The van der Waals surface area contributed by atoms with Gasteiger partial charge in [-0.05, 0) is 70.6 Å². The van der Waals surface area contributed by atoms with E-state index in [1.54, 1.807) is 0 Å². The lowest BCUT2D eigenvalue weighted by Crippen LogP contribution is -2.30. The van der Waals surface area contributed by atoms with Crippen molar-refractivity contribution in [3.8, 4) is 0 Å². The summed E-state index contributed by atoms with van der Waals surface area (Å²) in [5.74, 6) is -0.491. The zero-order valence-electron chi connectivity index (χ0n) is 39.7. The molecule has 0 heterocycles. The van der Waals surface area contributed by atoms with Crippen molar-refractivity contribution in [3.05, 3.63) is 72.9 Å². The number of hydrogen-bond donors (Lipinski definition) is 0. The first kappa shape index (κ1) is 57.3. The van der Waals surface area contributed by atoms with Gasteiger partial charge in [-0.2, -0.15) is 0 Å². The Hall–Kier alpha value is -2.66. The zero-order valence-corrected chi connectivity index (χ0v) is 39.7. The van der Waals surface area contributed by atoms with Crippen LogP contribution in [0, 0.1) is 0 Å². The van der Waals surface area contributed by atoms with Crippen molar-refractivity contribution in [1.29, 1.82) is 0 Å². The molecule has 0 aromatic rings. The fourth-order valence-electron chi connectivity index (χ4n) is 6.97. The maximum absolute atomic E-state index is 12.7. The minimum absolute atomic E-state index is 0.0526. The lowest BCUT2D eigenvalue weighted by atomic mass is 10.0. The van der Waals surface area contributed by atoms with Gasteiger partial charge >= 0.3 is 11.9 Å². The van der Waals surface area contributed by atoms with Gasteiger partial charge in [-0.3, -0.25) is 9.59 Å². The van der Waals surface area contributed by atoms with E-state index in [1.807, 2.05) is 6.08 Å². The SMILES string of the molecule is CC/C=C\C/C=C\C/C=C\C/C=C\CCC(=O)OC(COCCCCCCCC/C=C\C/C=C\CCC)COC(=O)CCCCCCCCCCCCCCCCCCC. The van der Waals surface area contributed by atoms with E-state index in [1.165, 1.54) is 141 Å². The zero-order chi connectivity index (χ0) is 43.5. The molecule has 0 amide bonds. The molecule has 1 atom stereocenters. The predicted octanol–water partition coefficient (Wildman–Crippen LogP) is 17.1. The van der Waals surface area contributed by atoms with E-state index >= 15 is 0 Å². The molecule has 0 aromatic carbocycles. The molecule has 0 N–H and O–H groups in total. The van der Waals surface area contributed by atoms with Crippen LogP contribution in [0.1, 0.15) is 239 Å². The molecule has 60 heavy (non-hydrogen) atoms. The third-order valence-corrected chi connectivity index (χ3v) is 10.7. The highest BCUT2D eigenvalue weighted by Gasteiger charge is 2.17. The number of carbonyl (C=O) groups excluding carboxylic acids is 2. The molecule has 0 saturated heterocycles. The maximum Gasteiger partial charge on any atom is 0.306 e. The highest BCUT2D eigenvalue weighted by Crippen LogP contribution is 2.15. The number of rotatable bonds is 46. The molecule has 0 rings (SSSR count). The summed E-state index contributed by atoms with van der Waals surface area (Å²) >= 11 is 0. The average molecular weight is 837 g/mol. The van der Waals surface area contributed by atoms with Crippen LogP contribution < -0.4 is 0 Å². The van der Waals surface area contributed by atoms with Crippen molar-refractivity contribution in [1.82, 2.24) is 0 Å². The molecule has 0 aliphatic rings. The van der Waals surface area contributed by atoms with Gasteiger partial charge < -0.3 is 14.2 Å². The highest BCUT2D eigenvalue weighted by molar-refractivity contribution is 5.70. The maximum atomic E-state index is 12.7. The lowest BCUT2D eigenvalue weighted by Gasteiger charge is -2.18. The van der Waals surface area contributed by atoms with Gasteiger partial charge in [0.05, 0.1) is 6.61 Å². The quantitative estimate of drug-likeness (QED) is 0.0347. The van der Waals surface area contributed by atoms with E-state index in [0.29, 0.717) is 25.9 Å². The number of ether oxygens (including phenoxy) is 3. The summed E-state index contributed by atoms with van der Waals surface area (Å²) in [5.41, 5.74) is 0. The average Bonchev–Trinajstić information content (AvgIpc) is 3.25. The molecule has 0 radical (unpaired) electrons. The van der Waals surface area contributed by atoms with Crippen LogP contribution in [0.15, 0.2) is 72.9 Å². The van der Waals surface area contributed by atoms with Gasteiger partial charge in [0.1, 0.15) is 6.61 Å². The largest absolute Gasteiger partial charge is 0.462 e. The second-order valence-corrected chi connectivity index (χ2v) is 16.7. The fraction of sp³-hybridized carbons (Fsp3) is 0.745. The number of carbonyl (C=O) groups is 2. The van der Waals surface area contributed by atoms with Gasteiger partial charge in [0.15, 0.2) is 6.10 Å². The topological polar surface area (TPSA) is 61.8 Å². The molecule has 0 aliphatic carbocycles. The molecule has 0 fully saturated rings. The van der Waals surface area contributed by atoms with Crippen molar-refractivity contribution in [2.45, 2.75) is 245 Å². The molecule has 346 valence electrons. The van der Waals surface area contributed by atoms with Crippen molar-refractivity contribution in [2.24, 2.45) is 0 Å². The molecule has 1 unspecified atom stereocenters. The van der Waals surface area contributed by atoms with Crippen molar-refractivity contribution >= 4 is 11.9 Å². The normalized spacial score (nSPS) is 12.8. The minimum Gasteiger partial charge on any atom is -0.462 e. The summed E-state index contributed by atoms with van der Waals surface area (Å²) in [4.78, 5) is 25.3. The second-order valence-electron chi connectivity index (χ2n) is 16.7. The molecule has 0 bridgehead atoms. The van der Waals surface area contributed by atoms with Gasteiger partial charge in [-0.25, -0.2) is 0 Å². The molecular weight excluding hydrogens is 741 g/mol. The third-order valence-electron chi connectivity index (χ3n) is 10.7. The van der Waals surface area contributed by atoms with E-state index in [4.69, 9.17) is 14.2 Å². The summed E-state index contributed by atoms with van der Waals surface area (Å²) in [7, 11) is 0. The molecule has 0 aliphatic heterocycles. The van der Waals surface area contributed by atoms with Crippen molar-refractivity contribution < 1.29 is 23.8 Å². The van der Waals surface area contributed by atoms with E-state index in [9.17, 15) is 9.59 Å². The summed E-state index contributed by atoms with van der Waals surface area (Å²) in [5, 5.41) is 0. The van der Waals surface area contributed by atoms with Crippen molar-refractivity contribution in [3.63, 3.8) is 0 Å². The highest BCUT2D eigenvalue weighted by atomic mass is 16.6. The van der Waals surface area contributed by atoms with Crippen LogP contribution in [0.5, 0.6) is 0 Å².